The molecule has 0 amide bonds. The summed E-state index contributed by atoms with van der Waals surface area (Å²) < 4.78 is 0.705. The molecule has 0 atom stereocenters. The van der Waals surface area contributed by atoms with E-state index in [1.807, 2.05) is 28.7 Å². The maximum atomic E-state index is 12.1. The molecule has 0 radical (unpaired) electrons. The number of rotatable bonds is 3. The lowest BCUT2D eigenvalue weighted by atomic mass is 10.0. The first-order valence-electron chi connectivity index (χ1n) is 5.33. The van der Waals surface area contributed by atoms with Gasteiger partial charge in [0.1, 0.15) is 3.70 Å². The summed E-state index contributed by atoms with van der Waals surface area (Å²) in [5.41, 5.74) is 2.04. The molecule has 0 saturated heterocycles. The number of benzene rings is 1. The second-order valence-electron chi connectivity index (χ2n) is 3.75. The van der Waals surface area contributed by atoms with Crippen LogP contribution < -0.4 is 0 Å². The number of ketones is 1. The van der Waals surface area contributed by atoms with E-state index in [0.29, 0.717) is 14.8 Å². The van der Waals surface area contributed by atoms with Crippen LogP contribution in [-0.4, -0.2) is 10.8 Å². The number of nitrogens with zero attached hydrogens (tertiary/aromatic N) is 2. The molecule has 0 bridgehead atoms. The number of pyridine rings is 1. The summed E-state index contributed by atoms with van der Waals surface area (Å²) in [5.74, 6) is 0.0163. The summed E-state index contributed by atoms with van der Waals surface area (Å²) in [6, 6.07) is 12.7. The summed E-state index contributed by atoms with van der Waals surface area (Å²) in [6.45, 7) is 0. The average Bonchev–Trinajstić information content (AvgIpc) is 2.39. The Morgan fingerprint density at radius 1 is 1.33 bits per heavy atom. The number of aromatic nitrogens is 1. The van der Waals surface area contributed by atoms with E-state index in [1.54, 1.807) is 36.5 Å². The van der Waals surface area contributed by atoms with Gasteiger partial charge in [-0.15, -0.1) is 0 Å². The minimum Gasteiger partial charge on any atom is -0.294 e. The molecule has 0 aliphatic carbocycles. The van der Waals surface area contributed by atoms with Gasteiger partial charge in [-0.3, -0.25) is 4.79 Å². The lowest BCUT2D eigenvalue weighted by molar-refractivity contribution is 0.0991. The Labute approximate surface area is 119 Å². The molecule has 2 rings (SSSR count). The second kappa shape index (κ2) is 5.74. The van der Waals surface area contributed by atoms with Gasteiger partial charge in [0.05, 0.1) is 11.6 Å². The highest BCUT2D eigenvalue weighted by Gasteiger charge is 2.11. The van der Waals surface area contributed by atoms with Crippen LogP contribution in [0.15, 0.2) is 42.6 Å². The first-order chi connectivity index (χ1) is 8.70. The third-order valence-electron chi connectivity index (χ3n) is 2.48. The smallest absolute Gasteiger partial charge is 0.169 e. The van der Waals surface area contributed by atoms with Crippen LogP contribution in [0.3, 0.4) is 0 Å². The molecule has 4 heteroatoms. The summed E-state index contributed by atoms with van der Waals surface area (Å²) in [5, 5.41) is 8.81. The van der Waals surface area contributed by atoms with Crippen molar-refractivity contribution in [1.82, 2.24) is 4.98 Å². The number of carbonyl (C=O) groups excluding carboxylic acids is 1. The van der Waals surface area contributed by atoms with Gasteiger partial charge in [0, 0.05) is 18.2 Å². The van der Waals surface area contributed by atoms with Gasteiger partial charge in [0.15, 0.2) is 5.78 Å². The Balaban J connectivity index is 2.22. The molecule has 0 spiro atoms. The van der Waals surface area contributed by atoms with E-state index < -0.39 is 0 Å². The van der Waals surface area contributed by atoms with Crippen LogP contribution in [0.5, 0.6) is 0 Å². The van der Waals surface area contributed by atoms with E-state index in [4.69, 9.17) is 5.26 Å². The number of hydrogen-bond acceptors (Lipinski definition) is 3. The number of carbonyl (C=O) groups is 1. The van der Waals surface area contributed by atoms with Crippen LogP contribution in [0.1, 0.15) is 21.5 Å². The van der Waals surface area contributed by atoms with Crippen LogP contribution >= 0.6 is 22.6 Å². The van der Waals surface area contributed by atoms with Crippen molar-refractivity contribution >= 4 is 28.4 Å². The van der Waals surface area contributed by atoms with Crippen molar-refractivity contribution in [3.63, 3.8) is 0 Å². The largest absolute Gasteiger partial charge is 0.294 e. The average molecular weight is 348 g/mol. The zero-order chi connectivity index (χ0) is 13.0. The number of hydrogen-bond donors (Lipinski definition) is 0. The SMILES string of the molecule is N#Cc1cccc(CC(=O)c2cccnc2I)c1. The standard InChI is InChI=1S/C14H9IN2O/c15-14-12(5-2-6-17-14)13(18)8-10-3-1-4-11(7-10)9-16/h1-7H,8H2. The molecule has 3 nitrogen and oxygen atoms in total. The minimum absolute atomic E-state index is 0.0163. The Bertz CT molecular complexity index is 632. The van der Waals surface area contributed by atoms with E-state index >= 15 is 0 Å². The van der Waals surface area contributed by atoms with Crippen molar-refractivity contribution in [3.05, 3.63) is 63.0 Å². The number of Topliss-reactive ketones (excluding diaryl/α,β-unsaturated/α-hetero) is 1. The van der Waals surface area contributed by atoms with Crippen molar-refractivity contribution in [1.29, 1.82) is 5.26 Å². The lowest BCUT2D eigenvalue weighted by Gasteiger charge is -2.03. The van der Waals surface area contributed by atoms with Gasteiger partial charge in [0.2, 0.25) is 0 Å². The Morgan fingerprint density at radius 2 is 2.17 bits per heavy atom. The van der Waals surface area contributed by atoms with Gasteiger partial charge >= 0.3 is 0 Å². The maximum Gasteiger partial charge on any atom is 0.169 e. The van der Waals surface area contributed by atoms with Gasteiger partial charge in [-0.2, -0.15) is 5.26 Å². The molecule has 1 heterocycles. The van der Waals surface area contributed by atoms with E-state index in [1.165, 1.54) is 0 Å². The predicted octanol–water partition coefficient (Wildman–Crippen LogP) is 2.98. The molecule has 0 unspecified atom stereocenters. The molecule has 18 heavy (non-hydrogen) atoms. The lowest BCUT2D eigenvalue weighted by Crippen LogP contribution is -2.06. The first kappa shape index (κ1) is 12.7. The molecule has 1 aromatic heterocycles. The third kappa shape index (κ3) is 2.93. The van der Waals surface area contributed by atoms with Crippen LogP contribution in [-0.2, 0) is 6.42 Å². The van der Waals surface area contributed by atoms with Crippen molar-refractivity contribution in [3.8, 4) is 6.07 Å². The fourth-order valence-corrected chi connectivity index (χ4v) is 2.27. The van der Waals surface area contributed by atoms with Gasteiger partial charge in [-0.25, -0.2) is 4.98 Å². The van der Waals surface area contributed by atoms with Crippen molar-refractivity contribution in [2.75, 3.05) is 0 Å². The molecule has 2 aromatic rings. The van der Waals surface area contributed by atoms with E-state index in [0.717, 1.165) is 5.56 Å². The molecular formula is C14H9IN2O. The Kier molecular flexibility index (Phi) is 4.05. The highest BCUT2D eigenvalue weighted by molar-refractivity contribution is 14.1. The molecule has 0 fully saturated rings. The normalized spacial score (nSPS) is 9.78. The zero-order valence-corrected chi connectivity index (χ0v) is 11.6. The van der Waals surface area contributed by atoms with Gasteiger partial charge < -0.3 is 0 Å². The van der Waals surface area contributed by atoms with Crippen LogP contribution in [0.2, 0.25) is 0 Å². The summed E-state index contributed by atoms with van der Waals surface area (Å²) in [6.07, 6.45) is 1.95. The summed E-state index contributed by atoms with van der Waals surface area (Å²) >= 11 is 2.05. The topological polar surface area (TPSA) is 53.8 Å². The van der Waals surface area contributed by atoms with Gasteiger partial charge in [-0.1, -0.05) is 12.1 Å². The molecule has 0 aliphatic heterocycles. The predicted molar refractivity (Wildman–Crippen MR) is 76.1 cm³/mol. The highest BCUT2D eigenvalue weighted by Crippen LogP contribution is 2.13. The monoisotopic (exact) mass is 348 g/mol. The highest BCUT2D eigenvalue weighted by atomic mass is 127. The van der Waals surface area contributed by atoms with Crippen LogP contribution in [0, 0.1) is 15.0 Å². The van der Waals surface area contributed by atoms with Crippen LogP contribution in [0.25, 0.3) is 0 Å². The molecule has 0 aliphatic rings. The Morgan fingerprint density at radius 3 is 2.89 bits per heavy atom. The molecule has 0 N–H and O–H groups in total. The van der Waals surface area contributed by atoms with Crippen LogP contribution in [0.4, 0.5) is 0 Å². The van der Waals surface area contributed by atoms with E-state index in [-0.39, 0.29) is 12.2 Å². The third-order valence-corrected chi connectivity index (χ3v) is 3.34. The zero-order valence-electron chi connectivity index (χ0n) is 9.43. The first-order valence-corrected chi connectivity index (χ1v) is 6.41. The van der Waals surface area contributed by atoms with Crippen molar-refractivity contribution in [2.24, 2.45) is 0 Å². The van der Waals surface area contributed by atoms with E-state index in [2.05, 4.69) is 11.1 Å². The molecular weight excluding hydrogens is 339 g/mol. The van der Waals surface area contributed by atoms with E-state index in [9.17, 15) is 4.79 Å². The maximum absolute atomic E-state index is 12.1. The fourth-order valence-electron chi connectivity index (χ4n) is 1.63. The quantitative estimate of drug-likeness (QED) is 0.487. The van der Waals surface area contributed by atoms with Crippen molar-refractivity contribution in [2.45, 2.75) is 6.42 Å². The van der Waals surface area contributed by atoms with Gasteiger partial charge in [-0.05, 0) is 52.4 Å². The summed E-state index contributed by atoms with van der Waals surface area (Å²) in [7, 11) is 0. The Hall–Kier alpha value is -1.74. The van der Waals surface area contributed by atoms with Gasteiger partial charge in [0.25, 0.3) is 0 Å². The molecule has 1 aromatic carbocycles. The second-order valence-corrected chi connectivity index (χ2v) is 4.78. The fraction of sp³-hybridized carbons (Fsp3) is 0.0714. The summed E-state index contributed by atoms with van der Waals surface area (Å²) in [4.78, 5) is 16.2. The number of halogens is 1. The van der Waals surface area contributed by atoms with Crippen molar-refractivity contribution < 1.29 is 4.79 Å². The number of nitriles is 1. The minimum atomic E-state index is 0.0163. The molecule has 0 saturated carbocycles. The molecule has 88 valence electrons.